The maximum absolute atomic E-state index is 13.8. The number of likely N-dealkylation sites (tertiary alicyclic amines) is 1. The van der Waals surface area contributed by atoms with Crippen LogP contribution in [0.15, 0.2) is 48.5 Å². The van der Waals surface area contributed by atoms with Crippen LogP contribution in [-0.2, 0) is 17.8 Å². The molecule has 32 heavy (non-hydrogen) atoms. The Morgan fingerprint density at radius 1 is 1.22 bits per heavy atom. The second-order valence-corrected chi connectivity index (χ2v) is 9.22. The van der Waals surface area contributed by atoms with Gasteiger partial charge in [-0.3, -0.25) is 4.79 Å². The molecule has 2 aliphatic rings. The van der Waals surface area contributed by atoms with E-state index in [0.29, 0.717) is 36.1 Å². The van der Waals surface area contributed by atoms with Crippen LogP contribution in [0.2, 0.25) is 5.02 Å². The summed E-state index contributed by atoms with van der Waals surface area (Å²) in [6, 6.07) is 14.5. The predicted octanol–water partition coefficient (Wildman–Crippen LogP) is 6.02. The Bertz CT molecular complexity index is 1170. The van der Waals surface area contributed by atoms with Crippen molar-refractivity contribution in [3.63, 3.8) is 0 Å². The summed E-state index contributed by atoms with van der Waals surface area (Å²) in [5.74, 6) is 1.10. The molecule has 0 radical (unpaired) electrons. The molecular weight excluding hydrogens is 427 g/mol. The number of rotatable bonds is 4. The fraction of sp³-hybridized carbons (Fsp3) is 0.346. The fourth-order valence-corrected chi connectivity index (χ4v) is 5.12. The molecule has 5 rings (SSSR count). The lowest BCUT2D eigenvalue weighted by Gasteiger charge is -2.31. The highest BCUT2D eigenvalue weighted by Crippen LogP contribution is 2.43. The minimum atomic E-state index is -0.382. The summed E-state index contributed by atoms with van der Waals surface area (Å²) in [5, 5.41) is 0.323. The number of aryl methyl sites for hydroxylation is 1. The number of aromatic nitrogens is 1. The van der Waals surface area contributed by atoms with Gasteiger partial charge in [-0.05, 0) is 48.9 Å². The van der Waals surface area contributed by atoms with Crippen LogP contribution in [0.1, 0.15) is 37.4 Å². The maximum Gasteiger partial charge on any atom is 0.222 e. The number of carbonyl (C=O) groups is 1. The SMILES string of the molecule is CC1CCCN(C(=O)CCc2cc3c(n2-c2ccc(F)cc2Cl)-c2ccccc2CO3)C1. The number of ether oxygens (including phenoxy) is 1. The van der Waals surface area contributed by atoms with Gasteiger partial charge in [-0.1, -0.05) is 42.8 Å². The first-order valence-corrected chi connectivity index (χ1v) is 11.6. The minimum absolute atomic E-state index is 0.175. The summed E-state index contributed by atoms with van der Waals surface area (Å²) in [7, 11) is 0. The van der Waals surface area contributed by atoms with Gasteiger partial charge in [-0.25, -0.2) is 4.39 Å². The summed E-state index contributed by atoms with van der Waals surface area (Å²) < 4.78 is 21.9. The van der Waals surface area contributed by atoms with Crippen LogP contribution >= 0.6 is 11.6 Å². The second kappa shape index (κ2) is 8.62. The number of piperidine rings is 1. The molecule has 4 nitrogen and oxygen atoms in total. The summed E-state index contributed by atoms with van der Waals surface area (Å²) in [4.78, 5) is 14.9. The van der Waals surface area contributed by atoms with Crippen molar-refractivity contribution in [2.45, 2.75) is 39.2 Å². The molecule has 1 amide bonds. The lowest BCUT2D eigenvalue weighted by atomic mass is 10.00. The first-order chi connectivity index (χ1) is 15.5. The third-order valence-electron chi connectivity index (χ3n) is 6.45. The fourth-order valence-electron chi connectivity index (χ4n) is 4.86. The predicted molar refractivity (Wildman–Crippen MR) is 124 cm³/mol. The number of amides is 1. The van der Waals surface area contributed by atoms with E-state index in [2.05, 4.69) is 13.0 Å². The summed E-state index contributed by atoms with van der Waals surface area (Å²) in [5.41, 5.74) is 4.66. The second-order valence-electron chi connectivity index (χ2n) is 8.81. The monoisotopic (exact) mass is 452 g/mol. The van der Waals surface area contributed by atoms with Crippen LogP contribution in [-0.4, -0.2) is 28.5 Å². The van der Waals surface area contributed by atoms with Gasteiger partial charge in [-0.2, -0.15) is 0 Å². The third-order valence-corrected chi connectivity index (χ3v) is 6.76. The summed E-state index contributed by atoms with van der Waals surface area (Å²) in [6.45, 7) is 4.36. The van der Waals surface area contributed by atoms with Crippen molar-refractivity contribution in [2.24, 2.45) is 5.92 Å². The van der Waals surface area contributed by atoms with Crippen molar-refractivity contribution < 1.29 is 13.9 Å². The van der Waals surface area contributed by atoms with E-state index in [1.165, 1.54) is 18.6 Å². The van der Waals surface area contributed by atoms with Crippen LogP contribution in [0.5, 0.6) is 5.75 Å². The molecule has 0 saturated carbocycles. The quantitative estimate of drug-likeness (QED) is 0.485. The van der Waals surface area contributed by atoms with Crippen molar-refractivity contribution in [3.8, 4) is 22.7 Å². The van der Waals surface area contributed by atoms with Gasteiger partial charge < -0.3 is 14.2 Å². The number of nitrogens with zero attached hydrogens (tertiary/aromatic N) is 2. The van der Waals surface area contributed by atoms with Gasteiger partial charge >= 0.3 is 0 Å². The summed E-state index contributed by atoms with van der Waals surface area (Å²) >= 11 is 6.49. The third kappa shape index (κ3) is 3.90. The molecule has 0 aliphatic carbocycles. The number of fused-ring (bicyclic) bond motifs is 3. The van der Waals surface area contributed by atoms with Crippen LogP contribution in [0.25, 0.3) is 16.9 Å². The lowest BCUT2D eigenvalue weighted by molar-refractivity contribution is -0.132. The molecule has 3 aromatic rings. The number of hydrogen-bond acceptors (Lipinski definition) is 2. The van der Waals surface area contributed by atoms with E-state index in [1.54, 1.807) is 6.07 Å². The molecule has 2 aliphatic heterocycles. The average Bonchev–Trinajstić information content (AvgIpc) is 3.16. The van der Waals surface area contributed by atoms with Gasteiger partial charge in [0.05, 0.1) is 16.4 Å². The van der Waals surface area contributed by atoms with Crippen LogP contribution < -0.4 is 4.74 Å². The first-order valence-electron chi connectivity index (χ1n) is 11.2. The van der Waals surface area contributed by atoms with Crippen molar-refractivity contribution in [1.29, 1.82) is 0 Å². The van der Waals surface area contributed by atoms with E-state index in [4.69, 9.17) is 16.3 Å². The molecule has 1 fully saturated rings. The molecule has 1 saturated heterocycles. The Labute approximate surface area is 192 Å². The first kappa shape index (κ1) is 21.1. The zero-order valence-electron chi connectivity index (χ0n) is 18.1. The van der Waals surface area contributed by atoms with Crippen LogP contribution in [0.4, 0.5) is 4.39 Å². The zero-order chi connectivity index (χ0) is 22.2. The topological polar surface area (TPSA) is 34.5 Å². The average molecular weight is 453 g/mol. The zero-order valence-corrected chi connectivity index (χ0v) is 18.9. The molecule has 1 atom stereocenters. The molecule has 6 heteroatoms. The molecular formula is C26H26ClFN2O2. The smallest absolute Gasteiger partial charge is 0.222 e. The van der Waals surface area contributed by atoms with Crippen molar-refractivity contribution in [2.75, 3.05) is 13.1 Å². The van der Waals surface area contributed by atoms with Gasteiger partial charge in [0.2, 0.25) is 5.91 Å². The van der Waals surface area contributed by atoms with Gasteiger partial charge in [0.1, 0.15) is 18.2 Å². The lowest BCUT2D eigenvalue weighted by Crippen LogP contribution is -2.39. The highest BCUT2D eigenvalue weighted by molar-refractivity contribution is 6.32. The van der Waals surface area contributed by atoms with E-state index in [0.717, 1.165) is 47.8 Å². The number of halogens is 2. The Morgan fingerprint density at radius 2 is 2.06 bits per heavy atom. The van der Waals surface area contributed by atoms with Gasteiger partial charge in [-0.15, -0.1) is 0 Å². The van der Waals surface area contributed by atoms with E-state index in [9.17, 15) is 9.18 Å². The Kier molecular flexibility index (Phi) is 5.68. The molecule has 0 N–H and O–H groups in total. The molecule has 3 heterocycles. The van der Waals surface area contributed by atoms with E-state index < -0.39 is 0 Å². The molecule has 1 unspecified atom stereocenters. The van der Waals surface area contributed by atoms with E-state index >= 15 is 0 Å². The van der Waals surface area contributed by atoms with Gasteiger partial charge in [0, 0.05) is 36.8 Å². The largest absolute Gasteiger partial charge is 0.487 e. The van der Waals surface area contributed by atoms with E-state index in [1.807, 2.05) is 33.7 Å². The molecule has 0 bridgehead atoms. The van der Waals surface area contributed by atoms with Crippen LogP contribution in [0, 0.1) is 11.7 Å². The highest BCUT2D eigenvalue weighted by atomic mass is 35.5. The van der Waals surface area contributed by atoms with Crippen molar-refractivity contribution in [1.82, 2.24) is 9.47 Å². The molecule has 1 aromatic heterocycles. The van der Waals surface area contributed by atoms with Gasteiger partial charge in [0.15, 0.2) is 0 Å². The molecule has 0 spiro atoms. The van der Waals surface area contributed by atoms with Crippen LogP contribution in [0.3, 0.4) is 0 Å². The minimum Gasteiger partial charge on any atom is -0.487 e. The van der Waals surface area contributed by atoms with E-state index in [-0.39, 0.29) is 11.7 Å². The number of benzene rings is 2. The summed E-state index contributed by atoms with van der Waals surface area (Å²) in [6.07, 6.45) is 3.21. The Balaban J connectivity index is 1.53. The van der Waals surface area contributed by atoms with Crippen molar-refractivity contribution >= 4 is 17.5 Å². The van der Waals surface area contributed by atoms with Crippen molar-refractivity contribution in [3.05, 3.63) is 70.6 Å². The Hall–Kier alpha value is -2.79. The standard InChI is InChI=1S/C26H26ClFN2O2/c1-17-5-4-12-29(15-17)25(31)11-9-20-14-24-26(21-7-3-2-6-18(21)16-32-24)30(20)23-10-8-19(28)13-22(23)27/h2-3,6-8,10,13-14,17H,4-5,9,11-12,15-16H2,1H3. The maximum atomic E-state index is 13.8. The van der Waals surface area contributed by atoms with Gasteiger partial charge in [0.25, 0.3) is 0 Å². The normalized spacial score (nSPS) is 17.5. The highest BCUT2D eigenvalue weighted by Gasteiger charge is 2.27. The Morgan fingerprint density at radius 3 is 2.88 bits per heavy atom. The molecule has 2 aromatic carbocycles. The molecule has 166 valence electrons. The number of carbonyl (C=O) groups excluding carboxylic acids is 1. The number of hydrogen-bond donors (Lipinski definition) is 0.